The molecule has 2 rings (SSSR count). The Labute approximate surface area is 216 Å². The third kappa shape index (κ3) is 8.70. The molecule has 0 bridgehead atoms. The summed E-state index contributed by atoms with van der Waals surface area (Å²) in [6, 6.07) is 14.0. The number of hydrogen-bond donors (Lipinski definition) is 0. The zero-order valence-corrected chi connectivity index (χ0v) is 26.0. The Bertz CT molecular complexity index is 987. The lowest BCUT2D eigenvalue weighted by atomic mass is 9.77. The number of benzene rings is 2. The summed E-state index contributed by atoms with van der Waals surface area (Å²) in [6.07, 6.45) is -0.0798. The summed E-state index contributed by atoms with van der Waals surface area (Å²) in [5.74, 6) is 0.859. The zero-order valence-electron chi connectivity index (χ0n) is 23.7. The second-order valence-corrected chi connectivity index (χ2v) is 16.9. The third-order valence-electron chi connectivity index (χ3n) is 5.75. The summed E-state index contributed by atoms with van der Waals surface area (Å²) in [6.45, 7) is 24.3. The van der Waals surface area contributed by atoms with E-state index < -0.39 is 18.1 Å². The highest BCUT2D eigenvalue weighted by atomic mass is 28.3. The number of ether oxygens (including phenoxy) is 1. The molecule has 2 unspecified atom stereocenters. The predicted molar refractivity (Wildman–Crippen MR) is 152 cm³/mol. The van der Waals surface area contributed by atoms with Crippen molar-refractivity contribution in [3.05, 3.63) is 64.7 Å². The minimum Gasteiger partial charge on any atom is -0.489 e. The Kier molecular flexibility index (Phi) is 10.1. The maximum absolute atomic E-state index is 11.8. The van der Waals surface area contributed by atoms with Crippen molar-refractivity contribution in [2.45, 2.75) is 93.5 Å². The van der Waals surface area contributed by atoms with Crippen molar-refractivity contribution >= 4 is 23.9 Å². The molecule has 0 radical (unpaired) electrons. The molecule has 2 aromatic carbocycles. The average molecular weight is 515 g/mol. The highest BCUT2D eigenvalue weighted by Crippen LogP contribution is 2.46. The van der Waals surface area contributed by atoms with Gasteiger partial charge in [-0.05, 0) is 78.8 Å². The number of carbonyl (C=O) groups is 1. The van der Waals surface area contributed by atoms with Crippen LogP contribution in [0.15, 0.2) is 42.5 Å². The lowest BCUT2D eigenvalue weighted by Gasteiger charge is -2.39. The van der Waals surface area contributed by atoms with Crippen LogP contribution in [0, 0.1) is 10.8 Å². The van der Waals surface area contributed by atoms with E-state index in [1.165, 1.54) is 5.56 Å². The lowest BCUT2D eigenvalue weighted by Crippen LogP contribution is -2.31. The van der Waals surface area contributed by atoms with Gasteiger partial charge in [0.05, 0.1) is 12.2 Å². The molecule has 0 N–H and O–H groups in total. The van der Waals surface area contributed by atoms with Gasteiger partial charge in [-0.15, -0.1) is 0 Å². The van der Waals surface area contributed by atoms with Crippen molar-refractivity contribution in [3.8, 4) is 5.75 Å². The normalized spacial score (nSPS) is 14.3. The fourth-order valence-electron chi connectivity index (χ4n) is 4.19. The quantitative estimate of drug-likeness (QED) is 0.241. The lowest BCUT2D eigenvalue weighted by molar-refractivity contribution is 0.0653. The minimum atomic E-state index is -1.32. The largest absolute Gasteiger partial charge is 0.489 e. The molecule has 0 saturated heterocycles. The van der Waals surface area contributed by atoms with Gasteiger partial charge >= 0.3 is 0 Å². The Hall–Kier alpha value is -1.74. The van der Waals surface area contributed by atoms with Crippen molar-refractivity contribution in [2.75, 3.05) is 0 Å². The van der Waals surface area contributed by atoms with E-state index in [0.717, 1.165) is 16.9 Å². The maximum Gasteiger partial charge on any atom is 0.171 e. The third-order valence-corrected chi connectivity index (χ3v) is 7.38. The molecule has 2 atom stereocenters. The van der Waals surface area contributed by atoms with Crippen molar-refractivity contribution in [3.63, 3.8) is 0 Å². The molecule has 4 nitrogen and oxygen atoms in total. The smallest absolute Gasteiger partial charge is 0.171 e. The van der Waals surface area contributed by atoms with Crippen LogP contribution < -0.4 is 4.74 Å². The summed E-state index contributed by atoms with van der Waals surface area (Å²) >= 11 is 0. The molecule has 0 aliphatic carbocycles. The molecule has 0 aliphatic rings. The van der Waals surface area contributed by atoms with E-state index in [0.29, 0.717) is 12.2 Å². The first-order chi connectivity index (χ1) is 16.1. The van der Waals surface area contributed by atoms with Crippen molar-refractivity contribution in [1.29, 1.82) is 0 Å². The van der Waals surface area contributed by atoms with Gasteiger partial charge in [0, 0.05) is 5.56 Å². The Morgan fingerprint density at radius 2 is 1.34 bits per heavy atom. The van der Waals surface area contributed by atoms with Gasteiger partial charge in [-0.2, -0.15) is 0 Å². The summed E-state index contributed by atoms with van der Waals surface area (Å²) in [5, 5.41) is 0. The first-order valence-electron chi connectivity index (χ1n) is 12.8. The molecule has 0 aliphatic heterocycles. The fourth-order valence-corrected chi connectivity index (χ4v) is 6.39. The molecular formula is C29H46O4Si2. The van der Waals surface area contributed by atoms with E-state index in [2.05, 4.69) is 79.9 Å². The fraction of sp³-hybridized carbons (Fsp3) is 0.552. The molecule has 35 heavy (non-hydrogen) atoms. The van der Waals surface area contributed by atoms with Crippen LogP contribution in [-0.2, 0) is 15.5 Å². The van der Waals surface area contributed by atoms with E-state index >= 15 is 0 Å². The SMILES string of the molecule is CC(=O)c1cccc(COc2ccc(C(O[SiH](C)C)C(C)(C)C)c(C(O[SiH](C)C)C(C)(C)C)c2)c1. The molecule has 0 amide bonds. The standard InChI is InChI=1S/C29H46O4Si2/c1-20(30)22-14-12-13-21(17-22)19-31-23-15-16-24(26(28(2,3)4)32-34(8)9)25(18-23)27(29(5,6)7)33-35(10)11/h12-18,26-27,34-35H,19H2,1-11H3. The number of Topliss-reactive ketones (excluding diaryl/α,β-unsaturated/α-hetero) is 1. The van der Waals surface area contributed by atoms with E-state index in [1.807, 2.05) is 30.3 Å². The van der Waals surface area contributed by atoms with E-state index in [9.17, 15) is 4.79 Å². The topological polar surface area (TPSA) is 44.8 Å². The predicted octanol–water partition coefficient (Wildman–Crippen LogP) is 7.64. The van der Waals surface area contributed by atoms with Crippen LogP contribution in [-0.4, -0.2) is 23.9 Å². The second-order valence-electron chi connectivity index (χ2n) is 12.2. The summed E-state index contributed by atoms with van der Waals surface area (Å²) in [5.41, 5.74) is 3.89. The molecule has 2 aromatic rings. The molecule has 0 fully saturated rings. The summed E-state index contributed by atoms with van der Waals surface area (Å²) in [7, 11) is -2.61. The van der Waals surface area contributed by atoms with Gasteiger partial charge in [-0.25, -0.2) is 0 Å². The van der Waals surface area contributed by atoms with Gasteiger partial charge in [0.2, 0.25) is 0 Å². The highest BCUT2D eigenvalue weighted by Gasteiger charge is 2.36. The van der Waals surface area contributed by atoms with Crippen LogP contribution in [0.4, 0.5) is 0 Å². The Morgan fingerprint density at radius 1 is 0.800 bits per heavy atom. The van der Waals surface area contributed by atoms with Crippen LogP contribution in [0.3, 0.4) is 0 Å². The first-order valence-corrected chi connectivity index (χ1v) is 18.3. The van der Waals surface area contributed by atoms with E-state index in [-0.39, 0.29) is 28.8 Å². The molecule has 0 saturated carbocycles. The minimum absolute atomic E-state index is 0.0206. The molecule has 0 aromatic heterocycles. The van der Waals surface area contributed by atoms with Crippen LogP contribution in [0.5, 0.6) is 5.75 Å². The van der Waals surface area contributed by atoms with E-state index in [1.54, 1.807) is 6.92 Å². The van der Waals surface area contributed by atoms with Crippen LogP contribution >= 0.6 is 0 Å². The number of carbonyl (C=O) groups excluding carboxylic acids is 1. The molecule has 0 heterocycles. The van der Waals surface area contributed by atoms with Crippen LogP contribution in [0.2, 0.25) is 26.2 Å². The molecule has 6 heteroatoms. The average Bonchev–Trinajstić information content (AvgIpc) is 2.73. The number of hydrogen-bond acceptors (Lipinski definition) is 4. The monoisotopic (exact) mass is 514 g/mol. The first kappa shape index (κ1) is 29.5. The van der Waals surface area contributed by atoms with E-state index in [4.69, 9.17) is 13.6 Å². The maximum atomic E-state index is 11.8. The van der Waals surface area contributed by atoms with Crippen LogP contribution in [0.1, 0.15) is 87.7 Å². The summed E-state index contributed by atoms with van der Waals surface area (Å²) < 4.78 is 19.6. The summed E-state index contributed by atoms with van der Waals surface area (Å²) in [4.78, 5) is 11.8. The van der Waals surface area contributed by atoms with Crippen molar-refractivity contribution < 1.29 is 18.4 Å². The van der Waals surface area contributed by atoms with Gasteiger partial charge in [0.25, 0.3) is 0 Å². The number of rotatable bonds is 10. The molecule has 194 valence electrons. The number of ketones is 1. The van der Waals surface area contributed by atoms with Crippen molar-refractivity contribution in [2.24, 2.45) is 10.8 Å². The van der Waals surface area contributed by atoms with Gasteiger partial charge in [0.15, 0.2) is 23.9 Å². The van der Waals surface area contributed by atoms with Gasteiger partial charge in [-0.1, -0.05) is 65.8 Å². The molecule has 0 spiro atoms. The van der Waals surface area contributed by atoms with Gasteiger partial charge < -0.3 is 13.6 Å². The van der Waals surface area contributed by atoms with Gasteiger partial charge in [0.1, 0.15) is 12.4 Å². The highest BCUT2D eigenvalue weighted by molar-refractivity contribution is 6.48. The van der Waals surface area contributed by atoms with Crippen LogP contribution in [0.25, 0.3) is 0 Å². The van der Waals surface area contributed by atoms with Gasteiger partial charge in [-0.3, -0.25) is 4.79 Å². The Morgan fingerprint density at radius 3 is 1.83 bits per heavy atom. The molecular weight excluding hydrogens is 468 g/mol. The zero-order chi connectivity index (χ0) is 26.6. The second kappa shape index (κ2) is 12.0. The van der Waals surface area contributed by atoms with Crippen molar-refractivity contribution in [1.82, 2.24) is 0 Å². The Balaban J connectivity index is 2.55.